The summed E-state index contributed by atoms with van der Waals surface area (Å²) in [5.41, 5.74) is 1.20. The van der Waals surface area contributed by atoms with Gasteiger partial charge in [-0.3, -0.25) is 9.69 Å². The van der Waals surface area contributed by atoms with E-state index in [0.717, 1.165) is 12.5 Å². The van der Waals surface area contributed by atoms with E-state index in [1.54, 1.807) is 24.3 Å². The highest BCUT2D eigenvalue weighted by Crippen LogP contribution is 2.35. The molecule has 1 saturated carbocycles. The second kappa shape index (κ2) is 7.79. The van der Waals surface area contributed by atoms with Crippen LogP contribution >= 0.6 is 0 Å². The summed E-state index contributed by atoms with van der Waals surface area (Å²) in [7, 11) is 1.36. The maximum atomic E-state index is 12.4. The lowest BCUT2D eigenvalue weighted by atomic mass is 9.78. The van der Waals surface area contributed by atoms with Gasteiger partial charge >= 0.3 is 5.97 Å². The van der Waals surface area contributed by atoms with Gasteiger partial charge in [0.1, 0.15) is 0 Å². The maximum Gasteiger partial charge on any atom is 0.337 e. The number of carbonyl (C=O) groups excluding carboxylic acids is 2. The number of rotatable bonds is 4. The molecule has 0 radical (unpaired) electrons. The Bertz CT molecular complexity index is 583. The zero-order valence-electron chi connectivity index (χ0n) is 14.3. The van der Waals surface area contributed by atoms with Crippen LogP contribution in [0.1, 0.15) is 48.9 Å². The van der Waals surface area contributed by atoms with E-state index in [2.05, 4.69) is 15.0 Å². The summed E-state index contributed by atoms with van der Waals surface area (Å²) in [6.07, 6.45) is 7.69. The number of benzene rings is 1. The van der Waals surface area contributed by atoms with Gasteiger partial charge in [0.05, 0.1) is 19.2 Å². The summed E-state index contributed by atoms with van der Waals surface area (Å²) < 4.78 is 4.68. The van der Waals surface area contributed by atoms with Gasteiger partial charge in [0.25, 0.3) is 0 Å². The molecule has 130 valence electrons. The van der Waals surface area contributed by atoms with Crippen molar-refractivity contribution in [1.82, 2.24) is 4.90 Å². The minimum atomic E-state index is -0.371. The maximum absolute atomic E-state index is 12.4. The summed E-state index contributed by atoms with van der Waals surface area (Å²) in [4.78, 5) is 26.2. The Hall–Kier alpha value is -1.88. The fourth-order valence-corrected chi connectivity index (χ4v) is 4.12. The van der Waals surface area contributed by atoms with Crippen molar-refractivity contribution in [2.75, 3.05) is 25.5 Å². The van der Waals surface area contributed by atoms with Crippen LogP contribution in [-0.4, -0.2) is 43.0 Å². The fraction of sp³-hybridized carbons (Fsp3) is 0.579. The molecule has 0 bridgehead atoms. The molecule has 24 heavy (non-hydrogen) atoms. The first kappa shape index (κ1) is 17.0. The first-order chi connectivity index (χ1) is 11.7. The zero-order valence-corrected chi connectivity index (χ0v) is 14.3. The van der Waals surface area contributed by atoms with Crippen LogP contribution in [0.4, 0.5) is 5.69 Å². The molecule has 1 aliphatic carbocycles. The van der Waals surface area contributed by atoms with Crippen LogP contribution in [0.3, 0.4) is 0 Å². The van der Waals surface area contributed by atoms with Crippen LogP contribution in [0.15, 0.2) is 24.3 Å². The second-order valence-electron chi connectivity index (χ2n) is 6.84. The number of carbonyl (C=O) groups is 2. The number of nitrogens with one attached hydrogen (secondary N) is 1. The normalized spacial score (nSPS) is 24.0. The lowest BCUT2D eigenvalue weighted by Crippen LogP contribution is -2.49. The summed E-state index contributed by atoms with van der Waals surface area (Å²) in [5.74, 6) is 0.427. The SMILES string of the molecule is COC(=O)c1ccc(NC(=O)CN2CCC[C@H]3CCCC[C@@H]32)cc1. The highest BCUT2D eigenvalue weighted by molar-refractivity contribution is 5.94. The minimum Gasteiger partial charge on any atom is -0.465 e. The van der Waals surface area contributed by atoms with Crippen LogP contribution in [0.2, 0.25) is 0 Å². The molecule has 1 aromatic carbocycles. The third-order valence-corrected chi connectivity index (χ3v) is 5.29. The first-order valence-corrected chi connectivity index (χ1v) is 8.89. The standard InChI is InChI=1S/C19H26N2O3/c1-24-19(23)15-8-10-16(11-9-15)20-18(22)13-21-12-4-6-14-5-2-3-7-17(14)21/h8-11,14,17H,2-7,12-13H2,1H3,(H,20,22)/t14-,17+/m1/s1. The predicted molar refractivity (Wildman–Crippen MR) is 93.0 cm³/mol. The highest BCUT2D eigenvalue weighted by atomic mass is 16.5. The third-order valence-electron chi connectivity index (χ3n) is 5.29. The fourth-order valence-electron chi connectivity index (χ4n) is 4.12. The van der Waals surface area contributed by atoms with Gasteiger partial charge in [-0.2, -0.15) is 0 Å². The Morgan fingerprint density at radius 2 is 1.83 bits per heavy atom. The van der Waals surface area contributed by atoms with E-state index in [1.807, 2.05) is 0 Å². The molecule has 0 spiro atoms. The first-order valence-electron chi connectivity index (χ1n) is 8.89. The van der Waals surface area contributed by atoms with Gasteiger partial charge in [-0.1, -0.05) is 12.8 Å². The molecule has 5 heteroatoms. The van der Waals surface area contributed by atoms with Crippen molar-refractivity contribution >= 4 is 17.6 Å². The third kappa shape index (κ3) is 3.96. The summed E-state index contributed by atoms with van der Waals surface area (Å²) in [6, 6.07) is 7.40. The van der Waals surface area contributed by atoms with Gasteiger partial charge in [-0.25, -0.2) is 4.79 Å². The van der Waals surface area contributed by atoms with E-state index >= 15 is 0 Å². The molecule has 2 aliphatic rings. The number of hydrogen-bond donors (Lipinski definition) is 1. The predicted octanol–water partition coefficient (Wildman–Crippen LogP) is 3.07. The monoisotopic (exact) mass is 330 g/mol. The average molecular weight is 330 g/mol. The van der Waals surface area contributed by atoms with E-state index < -0.39 is 0 Å². The average Bonchev–Trinajstić information content (AvgIpc) is 2.62. The van der Waals surface area contributed by atoms with Crippen LogP contribution in [0.5, 0.6) is 0 Å². The van der Waals surface area contributed by atoms with Gasteiger partial charge in [0.15, 0.2) is 0 Å². The molecule has 5 nitrogen and oxygen atoms in total. The number of amides is 1. The van der Waals surface area contributed by atoms with E-state index in [1.165, 1.54) is 45.6 Å². The van der Waals surface area contributed by atoms with E-state index in [9.17, 15) is 9.59 Å². The number of piperidine rings is 1. The molecule has 3 rings (SSSR count). The van der Waals surface area contributed by atoms with Gasteiger partial charge < -0.3 is 10.1 Å². The van der Waals surface area contributed by atoms with Crippen molar-refractivity contribution in [2.24, 2.45) is 5.92 Å². The number of methoxy groups -OCH3 is 1. The van der Waals surface area contributed by atoms with E-state index in [-0.39, 0.29) is 11.9 Å². The Balaban J connectivity index is 1.56. The second-order valence-corrected chi connectivity index (χ2v) is 6.84. The lowest BCUT2D eigenvalue weighted by Gasteiger charge is -2.43. The van der Waals surface area contributed by atoms with E-state index in [0.29, 0.717) is 23.8 Å². The highest BCUT2D eigenvalue weighted by Gasteiger charge is 2.33. The van der Waals surface area contributed by atoms with Crippen molar-refractivity contribution in [2.45, 2.75) is 44.6 Å². The van der Waals surface area contributed by atoms with Crippen molar-refractivity contribution in [3.63, 3.8) is 0 Å². The molecule has 2 fully saturated rings. The summed E-state index contributed by atoms with van der Waals surface area (Å²) in [5, 5.41) is 2.94. The van der Waals surface area contributed by atoms with Crippen LogP contribution in [-0.2, 0) is 9.53 Å². The minimum absolute atomic E-state index is 0.0204. The number of ether oxygens (including phenoxy) is 1. The van der Waals surface area contributed by atoms with Crippen LogP contribution < -0.4 is 5.32 Å². The van der Waals surface area contributed by atoms with Crippen molar-refractivity contribution < 1.29 is 14.3 Å². The zero-order chi connectivity index (χ0) is 16.9. The Labute approximate surface area is 143 Å². The number of anilines is 1. The van der Waals surface area contributed by atoms with E-state index in [4.69, 9.17) is 0 Å². The van der Waals surface area contributed by atoms with Gasteiger partial charge in [-0.05, 0) is 62.4 Å². The molecule has 2 atom stereocenters. The topological polar surface area (TPSA) is 58.6 Å². The quantitative estimate of drug-likeness (QED) is 0.862. The van der Waals surface area contributed by atoms with Gasteiger partial charge in [0, 0.05) is 11.7 Å². The molecule has 1 aliphatic heterocycles. The number of fused-ring (bicyclic) bond motifs is 1. The van der Waals surface area contributed by atoms with Gasteiger partial charge in [0.2, 0.25) is 5.91 Å². The number of hydrogen-bond acceptors (Lipinski definition) is 4. The Morgan fingerprint density at radius 1 is 1.12 bits per heavy atom. The molecule has 1 heterocycles. The molecule has 1 aromatic rings. The summed E-state index contributed by atoms with van der Waals surface area (Å²) in [6.45, 7) is 1.48. The molecular formula is C19H26N2O3. The molecule has 1 N–H and O–H groups in total. The number of likely N-dealkylation sites (tertiary alicyclic amines) is 1. The Kier molecular flexibility index (Phi) is 5.51. The molecule has 0 unspecified atom stereocenters. The molecular weight excluding hydrogens is 304 g/mol. The van der Waals surface area contributed by atoms with Crippen LogP contribution in [0.25, 0.3) is 0 Å². The largest absolute Gasteiger partial charge is 0.465 e. The molecule has 0 aromatic heterocycles. The lowest BCUT2D eigenvalue weighted by molar-refractivity contribution is -0.118. The van der Waals surface area contributed by atoms with Crippen LogP contribution in [0, 0.1) is 5.92 Å². The van der Waals surface area contributed by atoms with Gasteiger partial charge in [-0.15, -0.1) is 0 Å². The van der Waals surface area contributed by atoms with Crippen molar-refractivity contribution in [3.05, 3.63) is 29.8 Å². The Morgan fingerprint density at radius 3 is 2.58 bits per heavy atom. The smallest absolute Gasteiger partial charge is 0.337 e. The number of nitrogens with zero attached hydrogens (tertiary/aromatic N) is 1. The number of esters is 1. The van der Waals surface area contributed by atoms with Crippen molar-refractivity contribution in [3.8, 4) is 0 Å². The molecule has 1 saturated heterocycles. The summed E-state index contributed by atoms with van der Waals surface area (Å²) >= 11 is 0. The molecule has 1 amide bonds. The van der Waals surface area contributed by atoms with Crippen molar-refractivity contribution in [1.29, 1.82) is 0 Å².